The number of benzene rings is 10. The van der Waals surface area contributed by atoms with Crippen LogP contribution in [0.5, 0.6) is 0 Å². The van der Waals surface area contributed by atoms with Crippen molar-refractivity contribution in [2.24, 2.45) is 0 Å². The van der Waals surface area contributed by atoms with Gasteiger partial charge in [-0.2, -0.15) is 0 Å². The zero-order chi connectivity index (χ0) is 40.7. The van der Waals surface area contributed by atoms with Crippen molar-refractivity contribution in [1.82, 2.24) is 0 Å². The maximum atomic E-state index is 2.50. The van der Waals surface area contributed by atoms with Crippen molar-refractivity contribution in [3.63, 3.8) is 0 Å². The molecule has 1 aliphatic carbocycles. The van der Waals surface area contributed by atoms with Gasteiger partial charge in [-0.1, -0.05) is 151 Å². The lowest BCUT2D eigenvalue weighted by molar-refractivity contribution is 0.978. The first-order valence-corrected chi connectivity index (χ1v) is 23.0. The van der Waals surface area contributed by atoms with E-state index in [2.05, 4.69) is 216 Å². The van der Waals surface area contributed by atoms with Crippen molar-refractivity contribution >= 4 is 95.5 Å². The third kappa shape index (κ3) is 5.60. The van der Waals surface area contributed by atoms with Gasteiger partial charge in [0.1, 0.15) is 0 Å². The van der Waals surface area contributed by atoms with E-state index in [4.69, 9.17) is 0 Å². The maximum absolute atomic E-state index is 2.50. The van der Waals surface area contributed by atoms with Gasteiger partial charge in [0.15, 0.2) is 0 Å². The molecule has 0 bridgehead atoms. The van der Waals surface area contributed by atoms with Gasteiger partial charge in [-0.3, -0.25) is 0 Å². The van der Waals surface area contributed by atoms with Gasteiger partial charge in [0.05, 0.1) is 22.7 Å². The van der Waals surface area contributed by atoms with Crippen molar-refractivity contribution in [1.29, 1.82) is 0 Å². The van der Waals surface area contributed by atoms with Crippen molar-refractivity contribution in [3.8, 4) is 11.1 Å². The number of aryl methyl sites for hydroxylation is 1. The molecule has 292 valence electrons. The Balaban J connectivity index is 1.15. The summed E-state index contributed by atoms with van der Waals surface area (Å²) in [4.78, 5) is 9.98. The fourth-order valence-electron chi connectivity index (χ4n) is 10.1. The molecular weight excluding hydrogens is 789 g/mol. The number of nitrogens with zero attached hydrogens (tertiary/aromatic N) is 2. The van der Waals surface area contributed by atoms with Gasteiger partial charge in [0.2, 0.25) is 0 Å². The number of anilines is 6. The van der Waals surface area contributed by atoms with Crippen molar-refractivity contribution in [2.75, 3.05) is 9.80 Å². The summed E-state index contributed by atoms with van der Waals surface area (Å²) in [6.45, 7) is 0. The average Bonchev–Trinajstić information content (AvgIpc) is 3.33. The lowest BCUT2D eigenvalue weighted by Gasteiger charge is -2.34. The van der Waals surface area contributed by atoms with E-state index >= 15 is 0 Å². The Morgan fingerprint density at radius 1 is 0.371 bits per heavy atom. The van der Waals surface area contributed by atoms with E-state index in [0.29, 0.717) is 0 Å². The van der Waals surface area contributed by atoms with Crippen LogP contribution >= 0.6 is 23.5 Å². The molecule has 0 amide bonds. The predicted molar refractivity (Wildman–Crippen MR) is 264 cm³/mol. The Bertz CT molecular complexity index is 3420. The van der Waals surface area contributed by atoms with Crippen LogP contribution in [0.25, 0.3) is 49.0 Å². The molecule has 0 atom stereocenters. The molecular formula is C58H38N2S2. The average molecular weight is 827 g/mol. The standard InChI is InChI=1S/C58H38N2S2/c1-2-16-39-34-40(29-28-37(39)14-1)57-45-32-30-42(60-51-22-7-11-26-55(51)62-56-27-12-8-23-52(56)60)36-48(45)58(44-19-13-17-38-15-3-4-18-43(38)44)46-33-31-41(35-47(46)57)59-49-20-5-9-24-53(49)61-54-25-10-6-21-50(54)59/h1-12,14-16,18-36H,13,17H2. The van der Waals surface area contributed by atoms with E-state index < -0.39 is 0 Å². The van der Waals surface area contributed by atoms with Crippen LogP contribution in [0.4, 0.5) is 34.1 Å². The molecule has 0 radical (unpaired) electrons. The summed E-state index contributed by atoms with van der Waals surface area (Å²) in [7, 11) is 0. The molecule has 10 aromatic rings. The van der Waals surface area contributed by atoms with Crippen molar-refractivity contribution in [2.45, 2.75) is 32.4 Å². The Kier molecular flexibility index (Phi) is 8.25. The number of para-hydroxylation sites is 4. The summed E-state index contributed by atoms with van der Waals surface area (Å²) < 4.78 is 0. The zero-order valence-electron chi connectivity index (χ0n) is 33.8. The number of fused-ring (bicyclic) bond motifs is 8. The smallest absolute Gasteiger partial charge is 0.0601 e. The van der Waals surface area contributed by atoms with Crippen molar-refractivity contribution < 1.29 is 0 Å². The molecule has 4 heteroatoms. The van der Waals surface area contributed by atoms with E-state index in [9.17, 15) is 0 Å². The normalized spacial score (nSPS) is 13.9. The van der Waals surface area contributed by atoms with E-state index in [1.54, 1.807) is 0 Å². The van der Waals surface area contributed by atoms with Gasteiger partial charge in [0.25, 0.3) is 0 Å². The van der Waals surface area contributed by atoms with Crippen LogP contribution in [0.1, 0.15) is 23.1 Å². The molecule has 0 N–H and O–H groups in total. The number of hydrogen-bond donors (Lipinski definition) is 0. The van der Waals surface area contributed by atoms with Gasteiger partial charge < -0.3 is 9.80 Å². The predicted octanol–water partition coefficient (Wildman–Crippen LogP) is 17.1. The summed E-state index contributed by atoms with van der Waals surface area (Å²) in [5, 5.41) is 7.49. The van der Waals surface area contributed by atoms with Crippen LogP contribution in [-0.4, -0.2) is 0 Å². The summed E-state index contributed by atoms with van der Waals surface area (Å²) >= 11 is 3.71. The van der Waals surface area contributed by atoms with Crippen LogP contribution in [0.15, 0.2) is 226 Å². The van der Waals surface area contributed by atoms with E-state index in [1.807, 2.05) is 23.5 Å². The minimum absolute atomic E-state index is 1.00. The molecule has 0 saturated carbocycles. The zero-order valence-corrected chi connectivity index (χ0v) is 35.4. The second-order valence-electron chi connectivity index (χ2n) is 16.3. The lowest BCUT2D eigenvalue weighted by atomic mass is 9.80. The number of allylic oxidation sites excluding steroid dienone is 1. The molecule has 2 nitrogen and oxygen atoms in total. The monoisotopic (exact) mass is 826 g/mol. The molecule has 0 aromatic heterocycles. The highest BCUT2D eigenvalue weighted by molar-refractivity contribution is 8.00. The molecule has 13 rings (SSSR count). The highest BCUT2D eigenvalue weighted by Crippen LogP contribution is 2.55. The number of rotatable bonds is 4. The van der Waals surface area contributed by atoms with Crippen LogP contribution in [0.2, 0.25) is 0 Å². The van der Waals surface area contributed by atoms with Gasteiger partial charge in [-0.05, 0) is 157 Å². The molecule has 2 aliphatic heterocycles. The van der Waals surface area contributed by atoms with Crippen LogP contribution in [-0.2, 0) is 6.42 Å². The minimum atomic E-state index is 1.00. The molecule has 0 unspecified atom stereocenters. The van der Waals surface area contributed by atoms with Crippen LogP contribution < -0.4 is 9.80 Å². The summed E-state index contributed by atoms with van der Waals surface area (Å²) in [6, 6.07) is 74.6. The van der Waals surface area contributed by atoms with Crippen LogP contribution in [0, 0.1) is 0 Å². The molecule has 10 aromatic carbocycles. The van der Waals surface area contributed by atoms with Gasteiger partial charge >= 0.3 is 0 Å². The fraction of sp³-hybridized carbons (Fsp3) is 0.0345. The first-order chi connectivity index (χ1) is 30.7. The molecule has 0 fully saturated rings. The Morgan fingerprint density at radius 3 is 1.45 bits per heavy atom. The van der Waals surface area contributed by atoms with Gasteiger partial charge in [-0.15, -0.1) is 0 Å². The SMILES string of the molecule is C1=C(c2c3cc(N4c5ccccc5Sc5ccccc54)ccc3c(-c3ccc4ccccc4c3)c3cc(N4c5ccccc5Sc5ccccc54)ccc23)c2ccccc2CC1. The quantitative estimate of drug-likeness (QED) is 0.163. The Hall–Kier alpha value is -6.98. The lowest BCUT2D eigenvalue weighted by Crippen LogP contribution is -2.15. The van der Waals surface area contributed by atoms with Crippen molar-refractivity contribution in [3.05, 3.63) is 223 Å². The topological polar surface area (TPSA) is 6.48 Å². The second-order valence-corrected chi connectivity index (χ2v) is 18.5. The molecule has 0 saturated heterocycles. The van der Waals surface area contributed by atoms with Crippen LogP contribution in [0.3, 0.4) is 0 Å². The second kappa shape index (κ2) is 14.3. The Labute approximate surface area is 369 Å². The number of hydrogen-bond acceptors (Lipinski definition) is 4. The van der Waals surface area contributed by atoms with E-state index in [0.717, 1.165) is 24.2 Å². The third-order valence-corrected chi connectivity index (χ3v) is 15.1. The third-order valence-electron chi connectivity index (χ3n) is 12.8. The highest BCUT2D eigenvalue weighted by atomic mass is 32.2. The summed E-state index contributed by atoms with van der Waals surface area (Å²) in [6.07, 6.45) is 4.55. The first-order valence-electron chi connectivity index (χ1n) is 21.4. The first kappa shape index (κ1) is 35.7. The van der Waals surface area contributed by atoms with Gasteiger partial charge in [-0.25, -0.2) is 0 Å². The summed E-state index contributed by atoms with van der Waals surface area (Å²) in [5.41, 5.74) is 15.0. The minimum Gasteiger partial charge on any atom is -0.308 e. The van der Waals surface area contributed by atoms with E-state index in [-0.39, 0.29) is 0 Å². The van der Waals surface area contributed by atoms with Gasteiger partial charge in [0, 0.05) is 31.0 Å². The molecule has 3 aliphatic rings. The molecule has 0 spiro atoms. The Morgan fingerprint density at radius 2 is 0.855 bits per heavy atom. The maximum Gasteiger partial charge on any atom is 0.0601 e. The molecule has 2 heterocycles. The summed E-state index contributed by atoms with van der Waals surface area (Å²) in [5.74, 6) is 0. The van der Waals surface area contributed by atoms with E-state index in [1.165, 1.54) is 108 Å². The largest absolute Gasteiger partial charge is 0.308 e. The highest BCUT2D eigenvalue weighted by Gasteiger charge is 2.29. The fourth-order valence-corrected chi connectivity index (χ4v) is 12.2. The molecule has 62 heavy (non-hydrogen) atoms.